The summed E-state index contributed by atoms with van der Waals surface area (Å²) in [5.41, 5.74) is 2.04. The molecule has 0 spiro atoms. The summed E-state index contributed by atoms with van der Waals surface area (Å²) in [6, 6.07) is 17.1. The minimum absolute atomic E-state index is 0.0657. The molecular weight excluding hydrogens is 398 g/mol. The first-order chi connectivity index (χ1) is 14.4. The lowest BCUT2D eigenvalue weighted by atomic mass is 10.0. The number of hydrogen-bond acceptors (Lipinski definition) is 3. The second-order valence-electron chi connectivity index (χ2n) is 7.89. The van der Waals surface area contributed by atoms with Gasteiger partial charge in [0.15, 0.2) is 0 Å². The summed E-state index contributed by atoms with van der Waals surface area (Å²) < 4.78 is 29.0. The highest BCUT2D eigenvalue weighted by atomic mass is 32.2. The van der Waals surface area contributed by atoms with E-state index in [1.807, 2.05) is 35.0 Å². The lowest BCUT2D eigenvalue weighted by Crippen LogP contribution is -2.30. The monoisotopic (exact) mass is 425 g/mol. The summed E-state index contributed by atoms with van der Waals surface area (Å²) >= 11 is 0. The van der Waals surface area contributed by atoms with Crippen LogP contribution in [0.25, 0.3) is 10.9 Å². The average molecular weight is 426 g/mol. The van der Waals surface area contributed by atoms with Crippen molar-refractivity contribution in [2.24, 2.45) is 0 Å². The van der Waals surface area contributed by atoms with Gasteiger partial charge in [-0.1, -0.05) is 37.3 Å². The van der Waals surface area contributed by atoms with Crippen LogP contribution in [0.3, 0.4) is 0 Å². The van der Waals surface area contributed by atoms with Gasteiger partial charge in [0.25, 0.3) is 0 Å². The van der Waals surface area contributed by atoms with Gasteiger partial charge in [-0.3, -0.25) is 4.79 Å². The van der Waals surface area contributed by atoms with Crippen LogP contribution in [-0.4, -0.2) is 42.8 Å². The molecule has 1 N–H and O–H groups in total. The quantitative estimate of drug-likeness (QED) is 0.631. The van der Waals surface area contributed by atoms with Crippen LogP contribution in [0.1, 0.15) is 31.2 Å². The van der Waals surface area contributed by atoms with Gasteiger partial charge in [-0.25, -0.2) is 8.42 Å². The van der Waals surface area contributed by atoms with Crippen LogP contribution in [0.2, 0.25) is 0 Å². The van der Waals surface area contributed by atoms with Crippen LogP contribution in [-0.2, 0) is 21.4 Å². The Kier molecular flexibility index (Phi) is 5.92. The summed E-state index contributed by atoms with van der Waals surface area (Å²) in [6.07, 6.45) is 3.66. The number of nitrogens with zero attached hydrogens (tertiary/aromatic N) is 2. The number of benzene rings is 2. The standard InChI is InChI=1S/C23H27N3O3S/c1-18(19-7-3-2-4-8-19)16-24-23(27)17-25-14-11-20-15-21(9-10-22(20)25)30(28,29)26-12-5-6-13-26/h2-4,7-11,14-15,18H,5-6,12-13,16-17H2,1H3,(H,24,27)/t18-/m0/s1. The van der Waals surface area contributed by atoms with Crippen molar-refractivity contribution >= 4 is 26.8 Å². The number of nitrogens with one attached hydrogen (secondary N) is 1. The van der Waals surface area contributed by atoms with Crippen LogP contribution in [0.4, 0.5) is 0 Å². The minimum Gasteiger partial charge on any atom is -0.354 e. The van der Waals surface area contributed by atoms with Gasteiger partial charge in [0.05, 0.1) is 4.90 Å². The van der Waals surface area contributed by atoms with Crippen molar-refractivity contribution in [3.05, 3.63) is 66.4 Å². The summed E-state index contributed by atoms with van der Waals surface area (Å²) in [7, 11) is -3.44. The number of amides is 1. The number of carbonyl (C=O) groups excluding carboxylic acids is 1. The largest absolute Gasteiger partial charge is 0.354 e. The van der Waals surface area contributed by atoms with Crippen LogP contribution < -0.4 is 5.32 Å². The number of carbonyl (C=O) groups is 1. The highest BCUT2D eigenvalue weighted by molar-refractivity contribution is 7.89. The lowest BCUT2D eigenvalue weighted by molar-refractivity contribution is -0.121. The van der Waals surface area contributed by atoms with E-state index in [0.717, 1.165) is 23.7 Å². The maximum atomic E-state index is 12.8. The highest BCUT2D eigenvalue weighted by Crippen LogP contribution is 2.25. The molecule has 0 aliphatic carbocycles. The van der Waals surface area contributed by atoms with Gasteiger partial charge in [0.1, 0.15) is 6.54 Å². The van der Waals surface area contributed by atoms with Crippen molar-refractivity contribution in [1.82, 2.24) is 14.2 Å². The maximum Gasteiger partial charge on any atom is 0.243 e. The molecule has 0 saturated carbocycles. The molecule has 1 aliphatic rings. The summed E-state index contributed by atoms with van der Waals surface area (Å²) in [5.74, 6) is 0.166. The predicted molar refractivity (Wildman–Crippen MR) is 118 cm³/mol. The molecule has 1 saturated heterocycles. The van der Waals surface area contributed by atoms with Crippen LogP contribution in [0.15, 0.2) is 65.7 Å². The third-order valence-electron chi connectivity index (χ3n) is 5.73. The molecule has 0 bridgehead atoms. The summed E-state index contributed by atoms with van der Waals surface area (Å²) in [4.78, 5) is 12.8. The Balaban J connectivity index is 1.43. The van der Waals surface area contributed by atoms with Crippen molar-refractivity contribution in [2.45, 2.75) is 37.1 Å². The number of fused-ring (bicyclic) bond motifs is 1. The molecule has 1 aliphatic heterocycles. The Morgan fingerprint density at radius 3 is 2.53 bits per heavy atom. The molecule has 1 amide bonds. The van der Waals surface area contributed by atoms with E-state index in [9.17, 15) is 13.2 Å². The third-order valence-corrected chi connectivity index (χ3v) is 7.63. The van der Waals surface area contributed by atoms with Gasteiger partial charge >= 0.3 is 0 Å². The normalized spacial score (nSPS) is 16.0. The number of sulfonamides is 1. The number of rotatable bonds is 7. The van der Waals surface area contributed by atoms with E-state index in [0.29, 0.717) is 24.5 Å². The average Bonchev–Trinajstić information content (AvgIpc) is 3.43. The fourth-order valence-corrected chi connectivity index (χ4v) is 5.48. The molecule has 6 nitrogen and oxygen atoms in total. The molecule has 2 heterocycles. The van der Waals surface area contributed by atoms with Gasteiger partial charge in [-0.05, 0) is 48.6 Å². The molecule has 0 unspecified atom stereocenters. The summed E-state index contributed by atoms with van der Waals surface area (Å²) in [5, 5.41) is 3.81. The van der Waals surface area contributed by atoms with Crippen molar-refractivity contribution < 1.29 is 13.2 Å². The number of hydrogen-bond donors (Lipinski definition) is 1. The molecule has 1 atom stereocenters. The Morgan fingerprint density at radius 2 is 1.80 bits per heavy atom. The zero-order chi connectivity index (χ0) is 21.1. The Bertz CT molecular complexity index is 1130. The van der Waals surface area contributed by atoms with Crippen LogP contribution >= 0.6 is 0 Å². The SMILES string of the molecule is C[C@@H](CNC(=O)Cn1ccc2cc(S(=O)(=O)N3CCCC3)ccc21)c1ccccc1. The Hall–Kier alpha value is -2.64. The lowest BCUT2D eigenvalue weighted by Gasteiger charge is -2.16. The van der Waals surface area contributed by atoms with Gasteiger partial charge in [0.2, 0.25) is 15.9 Å². The topological polar surface area (TPSA) is 71.4 Å². The molecule has 30 heavy (non-hydrogen) atoms. The van der Waals surface area contributed by atoms with Crippen LogP contribution in [0, 0.1) is 0 Å². The van der Waals surface area contributed by atoms with Gasteiger partial charge < -0.3 is 9.88 Å². The smallest absolute Gasteiger partial charge is 0.243 e. The van der Waals surface area contributed by atoms with E-state index >= 15 is 0 Å². The first kappa shape index (κ1) is 20.6. The van der Waals surface area contributed by atoms with E-state index in [-0.39, 0.29) is 18.4 Å². The van der Waals surface area contributed by atoms with Crippen molar-refractivity contribution in [1.29, 1.82) is 0 Å². The van der Waals surface area contributed by atoms with E-state index in [1.54, 1.807) is 22.5 Å². The van der Waals surface area contributed by atoms with Crippen LogP contribution in [0.5, 0.6) is 0 Å². The molecule has 2 aromatic carbocycles. The van der Waals surface area contributed by atoms with Gasteiger partial charge in [-0.15, -0.1) is 0 Å². The first-order valence-electron chi connectivity index (χ1n) is 10.4. The van der Waals surface area contributed by atoms with Crippen molar-refractivity contribution in [2.75, 3.05) is 19.6 Å². The first-order valence-corrected chi connectivity index (χ1v) is 11.8. The minimum atomic E-state index is -3.44. The molecule has 1 aromatic heterocycles. The van der Waals surface area contributed by atoms with E-state index in [1.165, 1.54) is 5.56 Å². The molecule has 0 radical (unpaired) electrons. The van der Waals surface area contributed by atoms with Crippen molar-refractivity contribution in [3.8, 4) is 0 Å². The fraction of sp³-hybridized carbons (Fsp3) is 0.348. The van der Waals surface area contributed by atoms with E-state index in [4.69, 9.17) is 0 Å². The van der Waals surface area contributed by atoms with E-state index < -0.39 is 10.0 Å². The number of aromatic nitrogens is 1. The van der Waals surface area contributed by atoms with E-state index in [2.05, 4.69) is 24.4 Å². The van der Waals surface area contributed by atoms with Gasteiger partial charge in [-0.2, -0.15) is 4.31 Å². The zero-order valence-corrected chi connectivity index (χ0v) is 17.9. The molecule has 3 aromatic rings. The molecule has 7 heteroatoms. The molecular formula is C23H27N3O3S. The fourth-order valence-electron chi connectivity index (χ4n) is 3.93. The maximum absolute atomic E-state index is 12.8. The third kappa shape index (κ3) is 4.27. The Labute approximate surface area is 177 Å². The predicted octanol–water partition coefficient (Wildman–Crippen LogP) is 3.35. The molecule has 4 rings (SSSR count). The van der Waals surface area contributed by atoms with Crippen molar-refractivity contribution in [3.63, 3.8) is 0 Å². The highest BCUT2D eigenvalue weighted by Gasteiger charge is 2.27. The molecule has 1 fully saturated rings. The second-order valence-corrected chi connectivity index (χ2v) is 9.83. The second kappa shape index (κ2) is 8.62. The molecule has 158 valence electrons. The summed E-state index contributed by atoms with van der Waals surface area (Å²) in [6.45, 7) is 4.03. The van der Waals surface area contributed by atoms with Gasteiger partial charge in [0, 0.05) is 36.7 Å². The Morgan fingerprint density at radius 1 is 1.07 bits per heavy atom. The zero-order valence-electron chi connectivity index (χ0n) is 17.1.